The molecule has 0 aliphatic carbocycles. The summed E-state index contributed by atoms with van der Waals surface area (Å²) >= 11 is 0. The Balaban J connectivity index is 3.00. The molecule has 1 aromatic carbocycles. The largest absolute Gasteiger partial charge is 0.481 e. The molecule has 1 rings (SSSR count). The first-order valence-electron chi connectivity index (χ1n) is 18.4. The number of amides is 2. The average molecular weight is 715 g/mol. The first kappa shape index (κ1) is 45.3. The zero-order chi connectivity index (χ0) is 37.7. The maximum atomic E-state index is 13.8. The molecular weight excluding hydrogens is 652 g/mol. The zero-order valence-corrected chi connectivity index (χ0v) is 31.3. The summed E-state index contributed by atoms with van der Waals surface area (Å²) in [6.45, 7) is 4.79. The third kappa shape index (κ3) is 19.5. The summed E-state index contributed by atoms with van der Waals surface area (Å²) in [5.41, 5.74) is -1.75. The smallest absolute Gasteiger partial charge is 0.336 e. The molecule has 0 heterocycles. The van der Waals surface area contributed by atoms with Crippen LogP contribution in [0.15, 0.2) is 36.4 Å². The Morgan fingerprint density at radius 1 is 0.882 bits per heavy atom. The summed E-state index contributed by atoms with van der Waals surface area (Å²) in [7, 11) is 2.94. The fourth-order valence-corrected chi connectivity index (χ4v) is 5.51. The van der Waals surface area contributed by atoms with Crippen LogP contribution in [0.4, 0.5) is 0 Å². The van der Waals surface area contributed by atoms with Gasteiger partial charge in [0.05, 0.1) is 5.92 Å². The van der Waals surface area contributed by atoms with Crippen LogP contribution < -0.4 is 15.4 Å². The van der Waals surface area contributed by atoms with Crippen LogP contribution in [-0.4, -0.2) is 86.0 Å². The molecule has 0 bridgehead atoms. The molecule has 3 atom stereocenters. The number of Topliss-reactive ketones (excluding diaryl/α,β-unsaturated/α-hetero) is 1. The van der Waals surface area contributed by atoms with E-state index in [1.54, 1.807) is 44.4 Å². The molecule has 51 heavy (non-hydrogen) atoms. The quantitative estimate of drug-likeness (QED) is 0.0454. The number of nitrogens with one attached hydrogen (secondary N) is 2. The number of benzene rings is 1. The maximum Gasteiger partial charge on any atom is 0.336 e. The summed E-state index contributed by atoms with van der Waals surface area (Å²) in [5, 5.41) is 27.0. The third-order valence-electron chi connectivity index (χ3n) is 8.63. The number of unbranched alkanes of at least 4 members (excludes halogenated alkanes) is 8. The zero-order valence-electron chi connectivity index (χ0n) is 31.3. The van der Waals surface area contributed by atoms with Gasteiger partial charge in [0.1, 0.15) is 24.2 Å². The van der Waals surface area contributed by atoms with Gasteiger partial charge in [0.25, 0.3) is 0 Å². The summed E-state index contributed by atoms with van der Waals surface area (Å²) in [6.07, 6.45) is 14.3. The summed E-state index contributed by atoms with van der Waals surface area (Å²) in [4.78, 5) is 51.8. The van der Waals surface area contributed by atoms with Gasteiger partial charge >= 0.3 is 5.97 Å². The van der Waals surface area contributed by atoms with Crippen molar-refractivity contribution in [1.82, 2.24) is 10.6 Å². The van der Waals surface area contributed by atoms with E-state index in [4.69, 9.17) is 14.2 Å². The number of ketones is 1. The van der Waals surface area contributed by atoms with Gasteiger partial charge in [-0.15, -0.1) is 5.92 Å². The maximum absolute atomic E-state index is 13.8. The van der Waals surface area contributed by atoms with Gasteiger partial charge < -0.3 is 35.1 Å². The molecule has 0 unspecified atom stereocenters. The van der Waals surface area contributed by atoms with Crippen molar-refractivity contribution >= 4 is 23.6 Å². The van der Waals surface area contributed by atoms with Crippen molar-refractivity contribution < 1.29 is 43.6 Å². The van der Waals surface area contributed by atoms with Crippen molar-refractivity contribution in [3.63, 3.8) is 0 Å². The lowest BCUT2D eigenvalue weighted by atomic mass is 9.83. The number of hydrogen-bond donors (Lipinski definition) is 4. The molecule has 0 saturated heterocycles. The molecule has 0 aliphatic heterocycles. The molecule has 1 aromatic rings. The van der Waals surface area contributed by atoms with E-state index >= 15 is 0 Å². The molecule has 0 aromatic heterocycles. The number of carboxylic acids is 1. The molecule has 4 N–H and O–H groups in total. The Labute approximate surface area is 305 Å². The fraction of sp³-hybridized carbons (Fsp3) is 0.650. The van der Waals surface area contributed by atoms with E-state index in [9.17, 15) is 29.4 Å². The molecule has 0 radical (unpaired) electrons. The van der Waals surface area contributed by atoms with Crippen LogP contribution in [0.3, 0.4) is 0 Å². The number of aliphatic hydroxyl groups is 1. The minimum Gasteiger partial charge on any atom is -0.481 e. The SMILES string of the molecule is CC#CCOc1ccc(C[C@H](NC(=O)[C@@H](C=CCCCCCCC(=O)CCCCCCC)[C@@](O)(CCOC)C(=O)O)C(=O)NCCCOC)cc1. The number of ether oxygens (including phenoxy) is 3. The van der Waals surface area contributed by atoms with E-state index in [0.29, 0.717) is 50.4 Å². The summed E-state index contributed by atoms with van der Waals surface area (Å²) < 4.78 is 15.7. The predicted molar refractivity (Wildman–Crippen MR) is 198 cm³/mol. The Morgan fingerprint density at radius 2 is 1.53 bits per heavy atom. The highest BCUT2D eigenvalue weighted by Crippen LogP contribution is 2.26. The topological polar surface area (TPSA) is 160 Å². The Hall–Kier alpha value is -3.72. The second kappa shape index (κ2) is 27.9. The number of carboxylic acid groups (broad SMARTS) is 1. The summed E-state index contributed by atoms with van der Waals surface area (Å²) in [5.74, 6) is 2.19. The van der Waals surface area contributed by atoms with E-state index in [-0.39, 0.29) is 26.1 Å². The van der Waals surface area contributed by atoms with Gasteiger partial charge in [-0.1, -0.05) is 75.7 Å². The molecule has 0 fully saturated rings. The first-order chi connectivity index (χ1) is 24.6. The predicted octanol–water partition coefficient (Wildman–Crippen LogP) is 5.56. The van der Waals surface area contributed by atoms with Gasteiger partial charge in [-0.05, 0) is 56.7 Å². The molecule has 0 saturated carbocycles. The molecule has 0 spiro atoms. The highest BCUT2D eigenvalue weighted by atomic mass is 16.5. The van der Waals surface area contributed by atoms with E-state index < -0.39 is 35.3 Å². The van der Waals surface area contributed by atoms with Crippen LogP contribution >= 0.6 is 0 Å². The van der Waals surface area contributed by atoms with Gasteiger partial charge in [-0.3, -0.25) is 14.4 Å². The highest BCUT2D eigenvalue weighted by molar-refractivity contribution is 5.93. The first-order valence-corrected chi connectivity index (χ1v) is 18.4. The van der Waals surface area contributed by atoms with Crippen molar-refractivity contribution in [1.29, 1.82) is 0 Å². The standard InChI is InChI=1S/C40H62N2O9/c1-5-7-9-12-15-19-33(43)20-16-13-10-11-14-17-21-35(40(48,39(46)47)26-30-50-4)37(44)42-36(38(45)41-27-18-28-49-3)31-32-22-24-34(25-23-32)51-29-8-6-2/h17,21-25,35-36,48H,5,7,9-16,18-20,26-31H2,1-4H3,(H,41,45)(H,42,44)(H,46,47)/t35-,36+,40+/m1/s1. The van der Waals surface area contributed by atoms with Gasteiger partial charge in [-0.2, -0.15) is 0 Å². The average Bonchev–Trinajstić information content (AvgIpc) is 3.11. The molecule has 286 valence electrons. The van der Waals surface area contributed by atoms with Crippen LogP contribution in [-0.2, 0) is 35.1 Å². The molecule has 2 amide bonds. The fourth-order valence-electron chi connectivity index (χ4n) is 5.51. The minimum atomic E-state index is -2.48. The number of allylic oxidation sites excluding steroid dienone is 1. The second-order valence-electron chi connectivity index (χ2n) is 12.8. The van der Waals surface area contributed by atoms with Crippen LogP contribution in [0.5, 0.6) is 5.75 Å². The Bertz CT molecular complexity index is 1240. The van der Waals surface area contributed by atoms with E-state index in [0.717, 1.165) is 44.1 Å². The van der Waals surface area contributed by atoms with Crippen molar-refractivity contribution in [2.24, 2.45) is 5.92 Å². The highest BCUT2D eigenvalue weighted by Gasteiger charge is 2.47. The van der Waals surface area contributed by atoms with Crippen molar-refractivity contribution in [2.45, 2.75) is 122 Å². The number of carbonyl (C=O) groups is 4. The second-order valence-corrected chi connectivity index (χ2v) is 12.8. The van der Waals surface area contributed by atoms with E-state index in [2.05, 4.69) is 29.4 Å². The molecule has 11 heteroatoms. The van der Waals surface area contributed by atoms with Crippen LogP contribution in [0.2, 0.25) is 0 Å². The third-order valence-corrected chi connectivity index (χ3v) is 8.63. The monoisotopic (exact) mass is 714 g/mol. The van der Waals surface area contributed by atoms with E-state index in [1.807, 2.05) is 0 Å². The lowest BCUT2D eigenvalue weighted by Crippen LogP contribution is -2.56. The van der Waals surface area contributed by atoms with Crippen molar-refractivity contribution in [3.8, 4) is 17.6 Å². The normalized spacial score (nSPS) is 13.4. The van der Waals surface area contributed by atoms with Gasteiger partial charge in [0.2, 0.25) is 11.8 Å². The van der Waals surface area contributed by atoms with E-state index in [1.165, 1.54) is 32.4 Å². The molecule has 11 nitrogen and oxygen atoms in total. The van der Waals surface area contributed by atoms with Gasteiger partial charge in [-0.25, -0.2) is 4.79 Å². The molecular formula is C40H62N2O9. The van der Waals surface area contributed by atoms with Crippen molar-refractivity contribution in [3.05, 3.63) is 42.0 Å². The van der Waals surface area contributed by atoms with Crippen LogP contribution in [0.25, 0.3) is 0 Å². The Morgan fingerprint density at radius 3 is 2.14 bits per heavy atom. The lowest BCUT2D eigenvalue weighted by Gasteiger charge is -2.31. The Kier molecular flexibility index (Phi) is 24.8. The van der Waals surface area contributed by atoms with Crippen LogP contribution in [0.1, 0.15) is 109 Å². The lowest BCUT2D eigenvalue weighted by molar-refractivity contribution is -0.168. The minimum absolute atomic E-state index is 0.0977. The van der Waals surface area contributed by atoms with Crippen molar-refractivity contribution in [2.75, 3.05) is 40.6 Å². The van der Waals surface area contributed by atoms with Crippen LogP contribution in [0, 0.1) is 17.8 Å². The summed E-state index contributed by atoms with van der Waals surface area (Å²) in [6, 6.07) is 5.98. The number of rotatable bonds is 30. The number of aliphatic carboxylic acids is 1. The number of carbonyl (C=O) groups excluding carboxylic acids is 3. The van der Waals surface area contributed by atoms with Gasteiger partial charge in [0.15, 0.2) is 5.60 Å². The number of hydrogen-bond acceptors (Lipinski definition) is 8. The van der Waals surface area contributed by atoms with Gasteiger partial charge in [0, 0.05) is 59.7 Å². The molecule has 0 aliphatic rings. The number of methoxy groups -OCH3 is 2.